The molecule has 0 aliphatic carbocycles. The van der Waals surface area contributed by atoms with Gasteiger partial charge in [0.1, 0.15) is 17.3 Å². The molecule has 3 aromatic rings. The predicted molar refractivity (Wildman–Crippen MR) is 91.0 cm³/mol. The number of nitrogens with zero attached hydrogens (tertiary/aromatic N) is 3. The van der Waals surface area contributed by atoms with Crippen LogP contribution < -0.4 is 10.1 Å². The van der Waals surface area contributed by atoms with Crippen LogP contribution in [0, 0.1) is 0 Å². The maximum absolute atomic E-state index is 12.3. The number of aromatic amines is 1. The van der Waals surface area contributed by atoms with Crippen LogP contribution in [0.5, 0.6) is 5.75 Å². The van der Waals surface area contributed by atoms with E-state index in [-0.39, 0.29) is 5.91 Å². The van der Waals surface area contributed by atoms with Crippen molar-refractivity contribution in [1.82, 2.24) is 25.1 Å². The van der Waals surface area contributed by atoms with Crippen LogP contribution in [-0.2, 0) is 20.0 Å². The molecule has 1 amide bonds. The Labute approximate surface area is 140 Å². The molecular weight excluding hydrogens is 306 g/mol. The van der Waals surface area contributed by atoms with Crippen LogP contribution in [0.2, 0.25) is 0 Å². The van der Waals surface area contributed by atoms with Crippen molar-refractivity contribution in [3.05, 3.63) is 41.5 Å². The summed E-state index contributed by atoms with van der Waals surface area (Å²) in [6.45, 7) is 2.41. The lowest BCUT2D eigenvalue weighted by Crippen LogP contribution is -2.25. The Morgan fingerprint density at radius 2 is 2.21 bits per heavy atom. The van der Waals surface area contributed by atoms with E-state index in [0.717, 1.165) is 35.3 Å². The number of methoxy groups -OCH3 is 1. The van der Waals surface area contributed by atoms with Crippen LogP contribution in [0.3, 0.4) is 0 Å². The number of hydrogen-bond acceptors (Lipinski definition) is 4. The van der Waals surface area contributed by atoms with Crippen LogP contribution in [0.15, 0.2) is 24.3 Å². The fourth-order valence-corrected chi connectivity index (χ4v) is 2.62. The van der Waals surface area contributed by atoms with E-state index < -0.39 is 0 Å². The summed E-state index contributed by atoms with van der Waals surface area (Å²) in [4.78, 5) is 20.0. The number of carbonyl (C=O) groups excluding carboxylic acids is 1. The summed E-state index contributed by atoms with van der Waals surface area (Å²) in [5, 5.41) is 7.23. The number of aromatic nitrogens is 4. The maximum Gasteiger partial charge on any atom is 0.269 e. The SMILES string of the molecule is CCCc1cc(C(=O)NCc2nc3ccc(OC)cc3[nH]2)n(C)n1. The van der Waals surface area contributed by atoms with Crippen molar-refractivity contribution in [3.63, 3.8) is 0 Å². The van der Waals surface area contributed by atoms with Gasteiger partial charge in [0.25, 0.3) is 5.91 Å². The molecule has 126 valence electrons. The van der Waals surface area contributed by atoms with Crippen LogP contribution in [0.4, 0.5) is 0 Å². The minimum Gasteiger partial charge on any atom is -0.497 e. The van der Waals surface area contributed by atoms with Crippen LogP contribution in [0.1, 0.15) is 35.4 Å². The molecule has 0 aliphatic rings. The number of fused-ring (bicyclic) bond motifs is 1. The van der Waals surface area contributed by atoms with Crippen LogP contribution in [0.25, 0.3) is 11.0 Å². The van der Waals surface area contributed by atoms with E-state index in [1.165, 1.54) is 0 Å². The molecule has 3 rings (SSSR count). The summed E-state index contributed by atoms with van der Waals surface area (Å²) < 4.78 is 6.81. The van der Waals surface area contributed by atoms with Crippen molar-refractivity contribution in [3.8, 4) is 5.75 Å². The maximum atomic E-state index is 12.3. The zero-order valence-electron chi connectivity index (χ0n) is 14.1. The number of ether oxygens (including phenoxy) is 1. The molecule has 0 saturated heterocycles. The second-order valence-electron chi connectivity index (χ2n) is 5.64. The average molecular weight is 327 g/mol. The van der Waals surface area contributed by atoms with Crippen LogP contribution >= 0.6 is 0 Å². The Hall–Kier alpha value is -2.83. The third-order valence-corrected chi connectivity index (χ3v) is 3.82. The fourth-order valence-electron chi connectivity index (χ4n) is 2.62. The van der Waals surface area contributed by atoms with E-state index >= 15 is 0 Å². The summed E-state index contributed by atoms with van der Waals surface area (Å²) in [7, 11) is 3.40. The first-order valence-corrected chi connectivity index (χ1v) is 7.94. The Kier molecular flexibility index (Phi) is 4.50. The predicted octanol–water partition coefficient (Wildman–Crippen LogP) is 2.19. The number of imidazole rings is 1. The largest absolute Gasteiger partial charge is 0.497 e. The molecule has 0 saturated carbocycles. The van der Waals surface area contributed by atoms with Gasteiger partial charge in [-0.2, -0.15) is 5.10 Å². The van der Waals surface area contributed by atoms with Gasteiger partial charge in [-0.05, 0) is 24.6 Å². The van der Waals surface area contributed by atoms with Crippen molar-refractivity contribution in [2.75, 3.05) is 7.11 Å². The third kappa shape index (κ3) is 3.24. The molecule has 2 heterocycles. The second-order valence-corrected chi connectivity index (χ2v) is 5.64. The minimum atomic E-state index is -0.162. The lowest BCUT2D eigenvalue weighted by atomic mass is 10.2. The molecule has 0 aliphatic heterocycles. The van der Waals surface area contributed by atoms with Gasteiger partial charge in [-0.1, -0.05) is 13.3 Å². The Morgan fingerprint density at radius 3 is 2.96 bits per heavy atom. The Bertz CT molecular complexity index is 865. The molecule has 0 unspecified atom stereocenters. The molecular formula is C17H21N5O2. The molecule has 0 fully saturated rings. The van der Waals surface area contributed by atoms with Gasteiger partial charge in [0.2, 0.25) is 0 Å². The van der Waals surface area contributed by atoms with Crippen molar-refractivity contribution in [2.45, 2.75) is 26.3 Å². The van der Waals surface area contributed by atoms with Gasteiger partial charge < -0.3 is 15.0 Å². The molecule has 1 aromatic carbocycles. The smallest absolute Gasteiger partial charge is 0.269 e. The highest BCUT2D eigenvalue weighted by atomic mass is 16.5. The van der Waals surface area contributed by atoms with E-state index in [1.54, 1.807) is 18.8 Å². The highest BCUT2D eigenvalue weighted by Gasteiger charge is 2.13. The first kappa shape index (κ1) is 16.0. The number of rotatable bonds is 6. The number of H-pyrrole nitrogens is 1. The quantitative estimate of drug-likeness (QED) is 0.727. The Morgan fingerprint density at radius 1 is 1.38 bits per heavy atom. The first-order chi connectivity index (χ1) is 11.6. The van der Waals surface area contributed by atoms with Crippen molar-refractivity contribution in [1.29, 1.82) is 0 Å². The summed E-state index contributed by atoms with van der Waals surface area (Å²) in [6, 6.07) is 7.46. The zero-order chi connectivity index (χ0) is 17.1. The topological polar surface area (TPSA) is 84.8 Å². The van der Waals surface area contributed by atoms with Crippen molar-refractivity contribution < 1.29 is 9.53 Å². The molecule has 24 heavy (non-hydrogen) atoms. The number of aryl methyl sites for hydroxylation is 2. The first-order valence-electron chi connectivity index (χ1n) is 7.94. The monoisotopic (exact) mass is 327 g/mol. The van der Waals surface area contributed by atoms with E-state index in [4.69, 9.17) is 4.74 Å². The van der Waals surface area contributed by atoms with E-state index in [0.29, 0.717) is 18.1 Å². The molecule has 0 radical (unpaired) electrons. The van der Waals surface area contributed by atoms with Crippen LogP contribution in [-0.4, -0.2) is 32.8 Å². The molecule has 0 bridgehead atoms. The van der Waals surface area contributed by atoms with Gasteiger partial charge in [-0.3, -0.25) is 9.48 Å². The lowest BCUT2D eigenvalue weighted by molar-refractivity contribution is 0.0940. The average Bonchev–Trinajstić information content (AvgIpc) is 3.15. The molecule has 2 aromatic heterocycles. The molecule has 7 heteroatoms. The standard InChI is InChI=1S/C17H21N5O2/c1-4-5-11-8-15(22(2)21-11)17(23)18-10-16-19-13-7-6-12(24-3)9-14(13)20-16/h6-9H,4-5,10H2,1-3H3,(H,18,23)(H,19,20). The van der Waals surface area contributed by atoms with Gasteiger partial charge in [-0.25, -0.2) is 4.98 Å². The molecule has 7 nitrogen and oxygen atoms in total. The zero-order valence-corrected chi connectivity index (χ0v) is 14.1. The van der Waals surface area contributed by atoms with Crippen molar-refractivity contribution >= 4 is 16.9 Å². The summed E-state index contributed by atoms with van der Waals surface area (Å²) in [5.74, 6) is 1.30. The minimum absolute atomic E-state index is 0.162. The number of nitrogens with one attached hydrogen (secondary N) is 2. The number of carbonyl (C=O) groups is 1. The fraction of sp³-hybridized carbons (Fsp3) is 0.353. The summed E-state index contributed by atoms with van der Waals surface area (Å²) >= 11 is 0. The molecule has 0 atom stereocenters. The lowest BCUT2D eigenvalue weighted by Gasteiger charge is -2.02. The van der Waals surface area contributed by atoms with E-state index in [9.17, 15) is 4.79 Å². The molecule has 2 N–H and O–H groups in total. The number of hydrogen-bond donors (Lipinski definition) is 2. The second kappa shape index (κ2) is 6.74. The summed E-state index contributed by atoms with van der Waals surface area (Å²) in [5.41, 5.74) is 3.20. The van der Waals surface area contributed by atoms with Gasteiger partial charge >= 0.3 is 0 Å². The van der Waals surface area contributed by atoms with Crippen molar-refractivity contribution in [2.24, 2.45) is 7.05 Å². The Balaban J connectivity index is 1.69. The highest BCUT2D eigenvalue weighted by molar-refractivity contribution is 5.92. The normalized spacial score (nSPS) is 11.0. The number of benzene rings is 1. The van der Waals surface area contributed by atoms with Gasteiger partial charge in [0.15, 0.2) is 0 Å². The van der Waals surface area contributed by atoms with Gasteiger partial charge in [0.05, 0.1) is 30.4 Å². The highest BCUT2D eigenvalue weighted by Crippen LogP contribution is 2.18. The number of amides is 1. The molecule has 0 spiro atoms. The van der Waals surface area contributed by atoms with E-state index in [2.05, 4.69) is 27.3 Å². The summed E-state index contributed by atoms with van der Waals surface area (Å²) in [6.07, 6.45) is 1.87. The van der Waals surface area contributed by atoms with E-state index in [1.807, 2.05) is 24.3 Å². The third-order valence-electron chi connectivity index (χ3n) is 3.82. The van der Waals surface area contributed by atoms with Gasteiger partial charge in [0, 0.05) is 13.1 Å². The van der Waals surface area contributed by atoms with Gasteiger partial charge in [-0.15, -0.1) is 0 Å².